The molecule has 0 N–H and O–H groups in total. The fraction of sp³-hybridized carbons (Fsp3) is 0.0732. The lowest BCUT2D eigenvalue weighted by Gasteiger charge is -2.21. The van der Waals surface area contributed by atoms with Gasteiger partial charge < -0.3 is 4.42 Å². The summed E-state index contributed by atoms with van der Waals surface area (Å²) in [5.41, 5.74) is 12.1. The molecule has 0 atom stereocenters. The van der Waals surface area contributed by atoms with Gasteiger partial charge in [-0.3, -0.25) is 0 Å². The zero-order valence-corrected chi connectivity index (χ0v) is 23.6. The number of benzene rings is 7. The summed E-state index contributed by atoms with van der Waals surface area (Å²) in [6, 6.07) is 48.5. The average molecular weight is 537 g/mol. The Kier molecular flexibility index (Phi) is 4.73. The fourth-order valence-electron chi connectivity index (χ4n) is 7.61. The highest BCUT2D eigenvalue weighted by Crippen LogP contribution is 2.54. The Hall–Kier alpha value is -5.14. The summed E-state index contributed by atoms with van der Waals surface area (Å²) in [7, 11) is 0. The van der Waals surface area contributed by atoms with Crippen LogP contribution in [0.4, 0.5) is 0 Å². The van der Waals surface area contributed by atoms with Crippen molar-refractivity contribution < 1.29 is 4.42 Å². The first-order valence-corrected chi connectivity index (χ1v) is 14.7. The first kappa shape index (κ1) is 23.6. The van der Waals surface area contributed by atoms with Crippen LogP contribution >= 0.6 is 0 Å². The van der Waals surface area contributed by atoms with Gasteiger partial charge in [0.15, 0.2) is 0 Å². The van der Waals surface area contributed by atoms with Gasteiger partial charge in [0.1, 0.15) is 11.2 Å². The predicted molar refractivity (Wildman–Crippen MR) is 177 cm³/mol. The molecule has 0 saturated heterocycles. The van der Waals surface area contributed by atoms with E-state index in [1.165, 1.54) is 76.8 Å². The molecule has 42 heavy (non-hydrogen) atoms. The maximum Gasteiger partial charge on any atom is 0.143 e. The lowest BCUT2D eigenvalue weighted by atomic mass is 9.82. The van der Waals surface area contributed by atoms with Crippen LogP contribution in [-0.4, -0.2) is 0 Å². The van der Waals surface area contributed by atoms with Crippen molar-refractivity contribution >= 4 is 43.5 Å². The van der Waals surface area contributed by atoms with Crippen LogP contribution in [0.2, 0.25) is 0 Å². The second kappa shape index (κ2) is 8.44. The van der Waals surface area contributed by atoms with Gasteiger partial charge in [-0.15, -0.1) is 0 Å². The Bertz CT molecular complexity index is 2310. The van der Waals surface area contributed by atoms with E-state index in [1.54, 1.807) is 0 Å². The van der Waals surface area contributed by atoms with Gasteiger partial charge >= 0.3 is 0 Å². The zero-order chi connectivity index (χ0) is 28.0. The van der Waals surface area contributed by atoms with Crippen molar-refractivity contribution in [2.45, 2.75) is 19.3 Å². The van der Waals surface area contributed by atoms with Crippen molar-refractivity contribution in [3.63, 3.8) is 0 Å². The van der Waals surface area contributed by atoms with Crippen LogP contribution in [0.3, 0.4) is 0 Å². The summed E-state index contributed by atoms with van der Waals surface area (Å²) in [5, 5.41) is 7.39. The third-order valence-corrected chi connectivity index (χ3v) is 9.47. The smallest absolute Gasteiger partial charge is 0.143 e. The van der Waals surface area contributed by atoms with E-state index in [2.05, 4.69) is 147 Å². The first-order valence-electron chi connectivity index (χ1n) is 14.7. The number of hydrogen-bond acceptors (Lipinski definition) is 1. The third kappa shape index (κ3) is 3.03. The molecule has 1 aliphatic carbocycles. The van der Waals surface area contributed by atoms with E-state index in [0.29, 0.717) is 0 Å². The molecule has 1 nitrogen and oxygen atoms in total. The molecule has 0 bridgehead atoms. The number of rotatable bonds is 2. The van der Waals surface area contributed by atoms with Crippen molar-refractivity contribution in [2.75, 3.05) is 0 Å². The van der Waals surface area contributed by atoms with Crippen LogP contribution in [-0.2, 0) is 5.41 Å². The molecule has 1 aromatic heterocycles. The van der Waals surface area contributed by atoms with Crippen molar-refractivity contribution in [2.24, 2.45) is 0 Å². The molecule has 9 rings (SSSR count). The minimum atomic E-state index is -0.0679. The molecule has 0 spiro atoms. The Labute approximate surface area is 244 Å². The molecule has 198 valence electrons. The summed E-state index contributed by atoms with van der Waals surface area (Å²) >= 11 is 0. The normalized spacial score (nSPS) is 13.7. The van der Waals surface area contributed by atoms with E-state index in [1.807, 2.05) is 0 Å². The van der Waals surface area contributed by atoms with Crippen LogP contribution in [0.15, 0.2) is 138 Å². The van der Waals surface area contributed by atoms with Crippen LogP contribution < -0.4 is 0 Å². The van der Waals surface area contributed by atoms with Crippen LogP contribution in [0, 0.1) is 0 Å². The summed E-state index contributed by atoms with van der Waals surface area (Å²) in [6.45, 7) is 4.65. The Balaban J connectivity index is 1.43. The molecular formula is C41H28O. The highest BCUT2D eigenvalue weighted by atomic mass is 16.3. The Morgan fingerprint density at radius 2 is 1.02 bits per heavy atom. The molecule has 0 unspecified atom stereocenters. The Morgan fingerprint density at radius 1 is 0.429 bits per heavy atom. The lowest BCUT2D eigenvalue weighted by Crippen LogP contribution is -2.14. The number of fused-ring (bicyclic) bond motifs is 9. The van der Waals surface area contributed by atoms with Gasteiger partial charge in [0, 0.05) is 21.8 Å². The molecule has 0 radical (unpaired) electrons. The minimum Gasteiger partial charge on any atom is -0.455 e. The monoisotopic (exact) mass is 536 g/mol. The minimum absolute atomic E-state index is 0.0679. The maximum absolute atomic E-state index is 6.82. The summed E-state index contributed by atoms with van der Waals surface area (Å²) in [6.07, 6.45) is 0. The standard InChI is InChI=1S/C41H28O/c1-41(2)33-21-11-10-19-30(33)39-34(41)24-23-32-38-31(20-12-22-35(38)42-40(32)39)37-28-17-8-6-15-26(28)36(25-13-4-3-5-14-25)27-16-7-9-18-29(27)37/h3-24H,1-2H3. The molecule has 8 aromatic rings. The van der Waals surface area contributed by atoms with E-state index < -0.39 is 0 Å². The lowest BCUT2D eigenvalue weighted by molar-refractivity contribution is 0.653. The summed E-state index contributed by atoms with van der Waals surface area (Å²) in [5.74, 6) is 0. The highest BCUT2D eigenvalue weighted by molar-refractivity contribution is 6.26. The maximum atomic E-state index is 6.82. The van der Waals surface area contributed by atoms with Crippen LogP contribution in [0.25, 0.3) is 76.9 Å². The first-order chi connectivity index (χ1) is 20.6. The molecule has 1 heterocycles. The van der Waals surface area contributed by atoms with Gasteiger partial charge in [0.25, 0.3) is 0 Å². The molecule has 0 fully saturated rings. The molecule has 0 amide bonds. The summed E-state index contributed by atoms with van der Waals surface area (Å²) < 4.78 is 6.82. The van der Waals surface area contributed by atoms with E-state index in [0.717, 1.165) is 11.2 Å². The Morgan fingerprint density at radius 3 is 1.74 bits per heavy atom. The molecule has 0 aliphatic heterocycles. The molecule has 7 aromatic carbocycles. The number of furan rings is 1. The van der Waals surface area contributed by atoms with E-state index in [-0.39, 0.29) is 5.41 Å². The second-order valence-corrected chi connectivity index (χ2v) is 12.0. The van der Waals surface area contributed by atoms with E-state index in [4.69, 9.17) is 4.42 Å². The van der Waals surface area contributed by atoms with Gasteiger partial charge in [0.2, 0.25) is 0 Å². The largest absolute Gasteiger partial charge is 0.455 e. The van der Waals surface area contributed by atoms with E-state index >= 15 is 0 Å². The topological polar surface area (TPSA) is 13.1 Å². The van der Waals surface area contributed by atoms with Gasteiger partial charge in [-0.2, -0.15) is 0 Å². The molecule has 0 saturated carbocycles. The van der Waals surface area contributed by atoms with Gasteiger partial charge in [0.05, 0.1) is 0 Å². The predicted octanol–water partition coefficient (Wildman–Crippen LogP) is 11.5. The number of hydrogen-bond donors (Lipinski definition) is 0. The molecule has 1 aliphatic rings. The van der Waals surface area contributed by atoms with Crippen molar-refractivity contribution in [1.29, 1.82) is 0 Å². The third-order valence-electron chi connectivity index (χ3n) is 9.47. The van der Waals surface area contributed by atoms with Gasteiger partial charge in [-0.25, -0.2) is 0 Å². The molecular weight excluding hydrogens is 508 g/mol. The zero-order valence-electron chi connectivity index (χ0n) is 23.6. The quantitative estimate of drug-likeness (QED) is 0.200. The fourth-order valence-corrected chi connectivity index (χ4v) is 7.61. The summed E-state index contributed by atoms with van der Waals surface area (Å²) in [4.78, 5) is 0. The van der Waals surface area contributed by atoms with Crippen molar-refractivity contribution in [3.05, 3.63) is 145 Å². The second-order valence-electron chi connectivity index (χ2n) is 12.0. The van der Waals surface area contributed by atoms with Crippen molar-refractivity contribution in [3.8, 4) is 33.4 Å². The highest BCUT2D eigenvalue weighted by Gasteiger charge is 2.37. The SMILES string of the molecule is CC1(C)c2ccccc2-c2c1ccc1c2oc2cccc(-c3c4ccccc4c(-c4ccccc4)c4ccccc34)c21. The van der Waals surface area contributed by atoms with Gasteiger partial charge in [-0.05, 0) is 66.6 Å². The van der Waals surface area contributed by atoms with Gasteiger partial charge in [-0.1, -0.05) is 141 Å². The van der Waals surface area contributed by atoms with Crippen LogP contribution in [0.5, 0.6) is 0 Å². The van der Waals surface area contributed by atoms with Crippen molar-refractivity contribution in [1.82, 2.24) is 0 Å². The molecule has 1 heteroatoms. The average Bonchev–Trinajstić information content (AvgIpc) is 3.53. The van der Waals surface area contributed by atoms with Crippen LogP contribution in [0.1, 0.15) is 25.0 Å². The van der Waals surface area contributed by atoms with E-state index in [9.17, 15) is 0 Å².